The van der Waals surface area contributed by atoms with E-state index in [1.807, 2.05) is 18.9 Å². The van der Waals surface area contributed by atoms with E-state index in [0.717, 1.165) is 38.2 Å². The van der Waals surface area contributed by atoms with Crippen LogP contribution in [-0.4, -0.2) is 60.5 Å². The molecule has 2 heterocycles. The highest BCUT2D eigenvalue weighted by atomic mass is 16.2. The van der Waals surface area contributed by atoms with Crippen molar-refractivity contribution in [1.29, 1.82) is 0 Å². The zero-order valence-electron chi connectivity index (χ0n) is 12.6. The third-order valence-corrected chi connectivity index (χ3v) is 3.89. The molecule has 0 aliphatic carbocycles. The number of hydrogen-bond donors (Lipinski definition) is 1. The average molecular weight is 276 g/mol. The Balaban J connectivity index is 2.13. The zero-order chi connectivity index (χ0) is 14.5. The summed E-state index contributed by atoms with van der Waals surface area (Å²) >= 11 is 0. The maximum atomic E-state index is 12.7. The van der Waals surface area contributed by atoms with Crippen molar-refractivity contribution in [2.24, 2.45) is 0 Å². The minimum absolute atomic E-state index is 0.0728. The number of aromatic nitrogens is 1. The highest BCUT2D eigenvalue weighted by Gasteiger charge is 2.26. The van der Waals surface area contributed by atoms with Gasteiger partial charge in [0.2, 0.25) is 0 Å². The van der Waals surface area contributed by atoms with Crippen LogP contribution in [0.4, 0.5) is 5.69 Å². The van der Waals surface area contributed by atoms with Crippen LogP contribution in [0.15, 0.2) is 18.5 Å². The van der Waals surface area contributed by atoms with E-state index in [1.165, 1.54) is 0 Å². The Bertz CT molecular complexity index is 463. The number of likely N-dealkylation sites (tertiary alicyclic amines) is 1. The van der Waals surface area contributed by atoms with Crippen molar-refractivity contribution in [2.75, 3.05) is 39.0 Å². The van der Waals surface area contributed by atoms with Gasteiger partial charge in [-0.25, -0.2) is 0 Å². The van der Waals surface area contributed by atoms with Crippen LogP contribution in [0.3, 0.4) is 0 Å². The van der Waals surface area contributed by atoms with Gasteiger partial charge in [-0.05, 0) is 39.4 Å². The third-order valence-electron chi connectivity index (χ3n) is 3.89. The van der Waals surface area contributed by atoms with Gasteiger partial charge in [0.25, 0.3) is 5.91 Å². The number of carbonyl (C=O) groups is 1. The normalized spacial score (nSPS) is 19.6. The van der Waals surface area contributed by atoms with E-state index in [2.05, 4.69) is 22.2 Å². The SMILES string of the molecule is CCNc1cnccc1C(=O)N(C)C1CCCN(C)C1. The second-order valence-electron chi connectivity index (χ2n) is 5.43. The molecule has 1 aromatic heterocycles. The van der Waals surface area contributed by atoms with E-state index in [9.17, 15) is 4.79 Å². The quantitative estimate of drug-likeness (QED) is 0.909. The first kappa shape index (κ1) is 14.8. The molecule has 1 aliphatic heterocycles. The first-order valence-electron chi connectivity index (χ1n) is 7.27. The molecule has 5 heteroatoms. The van der Waals surface area contributed by atoms with Crippen LogP contribution in [0.2, 0.25) is 0 Å². The van der Waals surface area contributed by atoms with Crippen molar-refractivity contribution in [2.45, 2.75) is 25.8 Å². The van der Waals surface area contributed by atoms with Crippen molar-refractivity contribution in [3.8, 4) is 0 Å². The molecule has 0 aromatic carbocycles. The number of amides is 1. The van der Waals surface area contributed by atoms with Gasteiger partial charge in [-0.2, -0.15) is 0 Å². The Labute approximate surface area is 121 Å². The van der Waals surface area contributed by atoms with Gasteiger partial charge in [-0.3, -0.25) is 9.78 Å². The fourth-order valence-electron chi connectivity index (χ4n) is 2.72. The maximum absolute atomic E-state index is 12.7. The first-order chi connectivity index (χ1) is 9.63. The lowest BCUT2D eigenvalue weighted by Crippen LogP contribution is -2.47. The number of carbonyl (C=O) groups excluding carboxylic acids is 1. The van der Waals surface area contributed by atoms with E-state index in [1.54, 1.807) is 18.5 Å². The highest BCUT2D eigenvalue weighted by Crippen LogP contribution is 2.19. The van der Waals surface area contributed by atoms with Gasteiger partial charge < -0.3 is 15.1 Å². The Hall–Kier alpha value is -1.62. The molecule has 20 heavy (non-hydrogen) atoms. The average Bonchev–Trinajstić information content (AvgIpc) is 2.47. The number of nitrogens with zero attached hydrogens (tertiary/aromatic N) is 3. The van der Waals surface area contributed by atoms with Gasteiger partial charge in [0.15, 0.2) is 0 Å². The fourth-order valence-corrected chi connectivity index (χ4v) is 2.72. The molecule has 1 amide bonds. The number of likely N-dealkylation sites (N-methyl/N-ethyl adjacent to an activating group) is 2. The van der Waals surface area contributed by atoms with Crippen LogP contribution in [0.5, 0.6) is 0 Å². The van der Waals surface area contributed by atoms with Crippen LogP contribution in [-0.2, 0) is 0 Å². The molecule has 1 aliphatic rings. The van der Waals surface area contributed by atoms with E-state index in [4.69, 9.17) is 0 Å². The molecule has 1 aromatic rings. The number of hydrogen-bond acceptors (Lipinski definition) is 4. The largest absolute Gasteiger partial charge is 0.383 e. The lowest BCUT2D eigenvalue weighted by molar-refractivity contribution is 0.0645. The van der Waals surface area contributed by atoms with Crippen LogP contribution >= 0.6 is 0 Å². The van der Waals surface area contributed by atoms with Gasteiger partial charge in [-0.15, -0.1) is 0 Å². The van der Waals surface area contributed by atoms with E-state index < -0.39 is 0 Å². The topological polar surface area (TPSA) is 48.5 Å². The highest BCUT2D eigenvalue weighted by molar-refractivity contribution is 5.99. The third kappa shape index (κ3) is 3.28. The number of pyridine rings is 1. The van der Waals surface area contributed by atoms with Crippen LogP contribution in [0.1, 0.15) is 30.1 Å². The predicted molar refractivity (Wildman–Crippen MR) is 81.0 cm³/mol. The lowest BCUT2D eigenvalue weighted by Gasteiger charge is -2.36. The summed E-state index contributed by atoms with van der Waals surface area (Å²) in [5, 5.41) is 3.20. The molecule has 1 unspecified atom stereocenters. The molecule has 0 saturated carbocycles. The van der Waals surface area contributed by atoms with E-state index in [0.29, 0.717) is 11.6 Å². The van der Waals surface area contributed by atoms with Crippen molar-refractivity contribution in [1.82, 2.24) is 14.8 Å². The summed E-state index contributed by atoms with van der Waals surface area (Å²) < 4.78 is 0. The molecule has 1 saturated heterocycles. The van der Waals surface area contributed by atoms with E-state index >= 15 is 0 Å². The van der Waals surface area contributed by atoms with Crippen molar-refractivity contribution in [3.63, 3.8) is 0 Å². The summed E-state index contributed by atoms with van der Waals surface area (Å²) in [6.45, 7) is 4.86. The lowest BCUT2D eigenvalue weighted by atomic mass is 10.0. The summed E-state index contributed by atoms with van der Waals surface area (Å²) in [6.07, 6.45) is 5.62. The summed E-state index contributed by atoms with van der Waals surface area (Å²) in [7, 11) is 4.02. The zero-order valence-corrected chi connectivity index (χ0v) is 12.6. The van der Waals surface area contributed by atoms with E-state index in [-0.39, 0.29) is 5.91 Å². The Morgan fingerprint density at radius 3 is 3.10 bits per heavy atom. The fraction of sp³-hybridized carbons (Fsp3) is 0.600. The van der Waals surface area contributed by atoms with Crippen molar-refractivity contribution in [3.05, 3.63) is 24.0 Å². The predicted octanol–water partition coefficient (Wildman–Crippen LogP) is 1.68. The second kappa shape index (κ2) is 6.70. The van der Waals surface area contributed by atoms with Crippen molar-refractivity contribution >= 4 is 11.6 Å². The molecule has 0 radical (unpaired) electrons. The first-order valence-corrected chi connectivity index (χ1v) is 7.27. The molecular weight excluding hydrogens is 252 g/mol. The molecular formula is C15H24N4O. The minimum Gasteiger partial charge on any atom is -0.383 e. The number of nitrogens with one attached hydrogen (secondary N) is 1. The Kier molecular flexibility index (Phi) is 4.95. The molecule has 110 valence electrons. The molecule has 0 spiro atoms. The summed E-state index contributed by atoms with van der Waals surface area (Å²) in [5.74, 6) is 0.0728. The molecule has 1 N–H and O–H groups in total. The molecule has 1 fully saturated rings. The number of piperidine rings is 1. The smallest absolute Gasteiger partial charge is 0.256 e. The van der Waals surface area contributed by atoms with Gasteiger partial charge >= 0.3 is 0 Å². The van der Waals surface area contributed by atoms with Gasteiger partial charge in [0.1, 0.15) is 0 Å². The van der Waals surface area contributed by atoms with Gasteiger partial charge in [0.05, 0.1) is 17.4 Å². The van der Waals surface area contributed by atoms with Crippen LogP contribution in [0.25, 0.3) is 0 Å². The van der Waals surface area contributed by atoms with Gasteiger partial charge in [-0.1, -0.05) is 0 Å². The Morgan fingerprint density at radius 2 is 2.40 bits per heavy atom. The van der Waals surface area contributed by atoms with Crippen LogP contribution in [0, 0.1) is 0 Å². The second-order valence-corrected chi connectivity index (χ2v) is 5.43. The number of rotatable bonds is 4. The molecule has 2 rings (SSSR count). The van der Waals surface area contributed by atoms with Crippen molar-refractivity contribution < 1.29 is 4.79 Å². The Morgan fingerprint density at radius 1 is 1.60 bits per heavy atom. The molecule has 1 atom stereocenters. The minimum atomic E-state index is 0.0728. The summed E-state index contributed by atoms with van der Waals surface area (Å²) in [6, 6.07) is 2.09. The summed E-state index contributed by atoms with van der Waals surface area (Å²) in [4.78, 5) is 20.9. The van der Waals surface area contributed by atoms with Gasteiger partial charge in [0, 0.05) is 32.4 Å². The summed E-state index contributed by atoms with van der Waals surface area (Å²) in [5.41, 5.74) is 1.52. The van der Waals surface area contributed by atoms with Crippen LogP contribution < -0.4 is 5.32 Å². The molecule has 5 nitrogen and oxygen atoms in total. The maximum Gasteiger partial charge on any atom is 0.256 e. The molecule has 0 bridgehead atoms. The monoisotopic (exact) mass is 276 g/mol. The standard InChI is InChI=1S/C15H24N4O/c1-4-17-14-10-16-8-7-13(14)15(20)19(3)12-6-5-9-18(2)11-12/h7-8,10,12,17H,4-6,9,11H2,1-3H3. The number of anilines is 1.